The monoisotopic (exact) mass is 200 g/mol. The zero-order valence-electron chi connectivity index (χ0n) is 7.94. The van der Waals surface area contributed by atoms with Gasteiger partial charge in [-0.2, -0.15) is 0 Å². The molecule has 0 unspecified atom stereocenters. The molecule has 0 heterocycles. The molecular weight excluding hydrogens is 188 g/mol. The van der Waals surface area contributed by atoms with Crippen LogP contribution in [0.3, 0.4) is 0 Å². The molecule has 0 spiro atoms. The number of methoxy groups -OCH3 is 2. The van der Waals surface area contributed by atoms with Crippen molar-refractivity contribution < 1.29 is 24.8 Å². The molecule has 0 radical (unpaired) electrons. The van der Waals surface area contributed by atoms with Crippen LogP contribution in [-0.4, -0.2) is 29.5 Å². The third-order valence-corrected chi connectivity index (χ3v) is 1.87. The summed E-state index contributed by atoms with van der Waals surface area (Å²) in [5, 5.41) is 27.9. The molecule has 1 aromatic carbocycles. The molecule has 5 nitrogen and oxygen atoms in total. The summed E-state index contributed by atoms with van der Waals surface area (Å²) in [4.78, 5) is 0. The lowest BCUT2D eigenvalue weighted by molar-refractivity contribution is 0.267. The Balaban J connectivity index is 3.39. The molecule has 5 heteroatoms. The summed E-state index contributed by atoms with van der Waals surface area (Å²) in [6.45, 7) is -0.362. The zero-order chi connectivity index (χ0) is 10.7. The number of aliphatic hydroxyl groups is 1. The maximum Gasteiger partial charge on any atom is 0.207 e. The van der Waals surface area contributed by atoms with Gasteiger partial charge < -0.3 is 24.8 Å². The number of hydrogen-bond acceptors (Lipinski definition) is 5. The van der Waals surface area contributed by atoms with Gasteiger partial charge in [-0.05, 0) is 6.07 Å². The van der Waals surface area contributed by atoms with Crippen molar-refractivity contribution in [2.75, 3.05) is 14.2 Å². The van der Waals surface area contributed by atoms with Gasteiger partial charge in [-0.3, -0.25) is 0 Å². The molecule has 14 heavy (non-hydrogen) atoms. The Bertz CT molecular complexity index is 306. The second kappa shape index (κ2) is 4.06. The first-order valence-corrected chi connectivity index (χ1v) is 3.92. The summed E-state index contributed by atoms with van der Waals surface area (Å²) in [6, 6.07) is 1.34. The van der Waals surface area contributed by atoms with E-state index >= 15 is 0 Å². The topological polar surface area (TPSA) is 79.2 Å². The molecule has 0 aromatic heterocycles. The maximum absolute atomic E-state index is 9.50. The number of hydrogen-bond donors (Lipinski definition) is 3. The van der Waals surface area contributed by atoms with Crippen molar-refractivity contribution in [1.82, 2.24) is 0 Å². The number of benzene rings is 1. The predicted molar refractivity (Wildman–Crippen MR) is 48.8 cm³/mol. The number of aromatic hydroxyl groups is 2. The van der Waals surface area contributed by atoms with Crippen molar-refractivity contribution in [2.24, 2.45) is 0 Å². The number of ether oxygens (including phenoxy) is 2. The molecule has 0 aliphatic rings. The van der Waals surface area contributed by atoms with Crippen molar-refractivity contribution in [1.29, 1.82) is 0 Å². The number of rotatable bonds is 3. The van der Waals surface area contributed by atoms with E-state index in [0.717, 1.165) is 0 Å². The van der Waals surface area contributed by atoms with Crippen LogP contribution in [0.4, 0.5) is 0 Å². The quantitative estimate of drug-likeness (QED) is 0.666. The van der Waals surface area contributed by atoms with Crippen LogP contribution in [0, 0.1) is 0 Å². The van der Waals surface area contributed by atoms with Crippen LogP contribution >= 0.6 is 0 Å². The van der Waals surface area contributed by atoms with E-state index in [1.54, 1.807) is 0 Å². The molecule has 1 rings (SSSR count). The average molecular weight is 200 g/mol. The number of phenolic OH excluding ortho intramolecular Hbond substituents is 1. The Morgan fingerprint density at radius 2 is 1.79 bits per heavy atom. The highest BCUT2D eigenvalue weighted by Crippen LogP contribution is 2.44. The summed E-state index contributed by atoms with van der Waals surface area (Å²) in [7, 11) is 2.67. The van der Waals surface area contributed by atoms with Gasteiger partial charge in [0.15, 0.2) is 11.5 Å². The SMILES string of the molecule is COc1cc(CO)c(O)c(OC)c1O. The summed E-state index contributed by atoms with van der Waals surface area (Å²) in [6.07, 6.45) is 0. The number of aliphatic hydroxyl groups excluding tert-OH is 1. The molecule has 0 bridgehead atoms. The van der Waals surface area contributed by atoms with Gasteiger partial charge in [0.1, 0.15) is 0 Å². The fourth-order valence-electron chi connectivity index (χ4n) is 1.13. The molecule has 1 aromatic rings. The largest absolute Gasteiger partial charge is 0.504 e. The zero-order valence-corrected chi connectivity index (χ0v) is 7.94. The molecular formula is C9H12O5. The van der Waals surface area contributed by atoms with E-state index in [4.69, 9.17) is 14.6 Å². The maximum atomic E-state index is 9.50. The normalized spacial score (nSPS) is 9.93. The Hall–Kier alpha value is -1.62. The van der Waals surface area contributed by atoms with Gasteiger partial charge in [0.25, 0.3) is 0 Å². The van der Waals surface area contributed by atoms with E-state index in [1.165, 1.54) is 20.3 Å². The van der Waals surface area contributed by atoms with Gasteiger partial charge in [0.2, 0.25) is 11.5 Å². The molecule has 0 saturated heterocycles. The second-order valence-electron chi connectivity index (χ2n) is 2.63. The van der Waals surface area contributed by atoms with E-state index in [0.29, 0.717) is 0 Å². The molecule has 0 atom stereocenters. The van der Waals surface area contributed by atoms with Crippen molar-refractivity contribution >= 4 is 0 Å². The van der Waals surface area contributed by atoms with E-state index < -0.39 is 0 Å². The van der Waals surface area contributed by atoms with E-state index in [-0.39, 0.29) is 35.2 Å². The minimum absolute atomic E-state index is 0.103. The molecule has 3 N–H and O–H groups in total. The van der Waals surface area contributed by atoms with Crippen molar-refractivity contribution in [3.05, 3.63) is 11.6 Å². The molecule has 0 aliphatic heterocycles. The lowest BCUT2D eigenvalue weighted by atomic mass is 10.1. The van der Waals surface area contributed by atoms with Gasteiger partial charge in [0.05, 0.1) is 20.8 Å². The average Bonchev–Trinajstić information content (AvgIpc) is 2.19. The van der Waals surface area contributed by atoms with Crippen LogP contribution in [0.2, 0.25) is 0 Å². The first kappa shape index (κ1) is 10.5. The minimum Gasteiger partial charge on any atom is -0.504 e. The highest BCUT2D eigenvalue weighted by Gasteiger charge is 2.17. The molecule has 0 amide bonds. The Morgan fingerprint density at radius 3 is 2.21 bits per heavy atom. The van der Waals surface area contributed by atoms with E-state index in [1.807, 2.05) is 0 Å². The van der Waals surface area contributed by atoms with Crippen molar-refractivity contribution in [3.8, 4) is 23.0 Å². The Labute approximate surface area is 81.1 Å². The van der Waals surface area contributed by atoms with Crippen LogP contribution in [0.1, 0.15) is 5.56 Å². The van der Waals surface area contributed by atoms with Crippen LogP contribution in [-0.2, 0) is 6.61 Å². The molecule has 0 fully saturated rings. The van der Waals surface area contributed by atoms with E-state index in [2.05, 4.69) is 0 Å². The minimum atomic E-state index is -0.362. The highest BCUT2D eigenvalue weighted by molar-refractivity contribution is 5.61. The van der Waals surface area contributed by atoms with E-state index in [9.17, 15) is 10.2 Å². The fraction of sp³-hybridized carbons (Fsp3) is 0.333. The van der Waals surface area contributed by atoms with Crippen LogP contribution in [0.15, 0.2) is 6.07 Å². The Kier molecular flexibility index (Phi) is 3.03. The smallest absolute Gasteiger partial charge is 0.207 e. The van der Waals surface area contributed by atoms with Gasteiger partial charge in [-0.25, -0.2) is 0 Å². The van der Waals surface area contributed by atoms with Crippen LogP contribution < -0.4 is 9.47 Å². The Morgan fingerprint density at radius 1 is 1.14 bits per heavy atom. The van der Waals surface area contributed by atoms with Crippen molar-refractivity contribution in [3.63, 3.8) is 0 Å². The third-order valence-electron chi connectivity index (χ3n) is 1.87. The predicted octanol–water partition coefficient (Wildman–Crippen LogP) is 0.607. The molecule has 0 aliphatic carbocycles. The van der Waals surface area contributed by atoms with Gasteiger partial charge in [-0.1, -0.05) is 0 Å². The van der Waals surface area contributed by atoms with Crippen LogP contribution in [0.25, 0.3) is 0 Å². The standard InChI is InChI=1S/C9H12O5/c1-13-6-3-5(4-10)7(11)9(14-2)8(6)12/h3,10-12H,4H2,1-2H3. The molecule has 0 saturated carbocycles. The first-order chi connectivity index (χ1) is 6.65. The van der Waals surface area contributed by atoms with Gasteiger partial charge in [0, 0.05) is 5.56 Å². The van der Waals surface area contributed by atoms with Gasteiger partial charge >= 0.3 is 0 Å². The van der Waals surface area contributed by atoms with Crippen LogP contribution in [0.5, 0.6) is 23.0 Å². The summed E-state index contributed by atoms with van der Waals surface area (Å²) < 4.78 is 9.60. The molecule has 78 valence electrons. The van der Waals surface area contributed by atoms with Gasteiger partial charge in [-0.15, -0.1) is 0 Å². The number of phenols is 2. The first-order valence-electron chi connectivity index (χ1n) is 3.92. The fourth-order valence-corrected chi connectivity index (χ4v) is 1.13. The summed E-state index contributed by atoms with van der Waals surface area (Å²) >= 11 is 0. The lowest BCUT2D eigenvalue weighted by Gasteiger charge is -2.12. The third kappa shape index (κ3) is 1.54. The highest BCUT2D eigenvalue weighted by atomic mass is 16.5. The lowest BCUT2D eigenvalue weighted by Crippen LogP contribution is -1.94. The summed E-state index contributed by atoms with van der Waals surface area (Å²) in [5.74, 6) is -0.532. The second-order valence-corrected chi connectivity index (χ2v) is 2.63. The summed E-state index contributed by atoms with van der Waals surface area (Å²) in [5.41, 5.74) is 0.233. The van der Waals surface area contributed by atoms with Crippen molar-refractivity contribution in [2.45, 2.75) is 6.61 Å².